The second-order valence-electron chi connectivity index (χ2n) is 7.19. The molecule has 0 saturated heterocycles. The van der Waals surface area contributed by atoms with Gasteiger partial charge in [-0.2, -0.15) is 5.10 Å². The van der Waals surface area contributed by atoms with E-state index in [0.29, 0.717) is 23.7 Å². The maximum Gasteiger partial charge on any atom is 0.341 e. The van der Waals surface area contributed by atoms with Crippen molar-refractivity contribution in [3.8, 4) is 0 Å². The summed E-state index contributed by atoms with van der Waals surface area (Å²) in [6.07, 6.45) is 4.00. The van der Waals surface area contributed by atoms with Gasteiger partial charge in [0, 0.05) is 10.6 Å². The summed E-state index contributed by atoms with van der Waals surface area (Å²) < 4.78 is 8.07. The third-order valence-electron chi connectivity index (χ3n) is 5.08. The summed E-state index contributed by atoms with van der Waals surface area (Å²) in [5.41, 5.74) is 3.51. The molecule has 2 aromatic heterocycles. The molecule has 1 unspecified atom stereocenters. The minimum Gasteiger partial charge on any atom is -0.462 e. The fraction of sp³-hybridized carbons (Fsp3) is 0.550. The number of hydrogen-bond donors (Lipinski definition) is 1. The summed E-state index contributed by atoms with van der Waals surface area (Å²) in [4.78, 5) is 26.6. The third-order valence-corrected chi connectivity index (χ3v) is 7.43. The number of aryl methyl sites for hydroxylation is 2. The van der Waals surface area contributed by atoms with Crippen LogP contribution >= 0.6 is 27.3 Å². The zero-order valence-electron chi connectivity index (χ0n) is 16.7. The second kappa shape index (κ2) is 8.78. The monoisotopic (exact) mass is 467 g/mol. The van der Waals surface area contributed by atoms with Gasteiger partial charge in [-0.25, -0.2) is 4.79 Å². The van der Waals surface area contributed by atoms with Crippen molar-refractivity contribution in [2.24, 2.45) is 5.92 Å². The quantitative estimate of drug-likeness (QED) is 0.627. The summed E-state index contributed by atoms with van der Waals surface area (Å²) in [6, 6.07) is 0. The fourth-order valence-electron chi connectivity index (χ4n) is 3.50. The van der Waals surface area contributed by atoms with Crippen LogP contribution in [0.3, 0.4) is 0 Å². The lowest BCUT2D eigenvalue weighted by Gasteiger charge is -2.14. The summed E-state index contributed by atoms with van der Waals surface area (Å²) in [6.45, 7) is 8.37. The molecule has 0 bridgehead atoms. The maximum absolute atomic E-state index is 12.9. The Morgan fingerprint density at radius 1 is 1.32 bits per heavy atom. The molecular formula is C20H26BrN3O3S. The highest BCUT2D eigenvalue weighted by Crippen LogP contribution is 2.38. The summed E-state index contributed by atoms with van der Waals surface area (Å²) in [7, 11) is 0. The van der Waals surface area contributed by atoms with Crippen molar-refractivity contribution < 1.29 is 14.3 Å². The topological polar surface area (TPSA) is 73.2 Å². The van der Waals surface area contributed by atoms with Crippen molar-refractivity contribution >= 4 is 44.1 Å². The van der Waals surface area contributed by atoms with Crippen LogP contribution in [0.4, 0.5) is 5.00 Å². The van der Waals surface area contributed by atoms with Gasteiger partial charge in [0.15, 0.2) is 0 Å². The van der Waals surface area contributed by atoms with Crippen molar-refractivity contribution in [1.29, 1.82) is 0 Å². The van der Waals surface area contributed by atoms with Crippen LogP contribution in [0.15, 0.2) is 4.47 Å². The molecule has 0 saturated carbocycles. The Balaban J connectivity index is 1.80. The minimum absolute atomic E-state index is 0.118. The first kappa shape index (κ1) is 21.0. The van der Waals surface area contributed by atoms with E-state index in [0.717, 1.165) is 47.1 Å². The molecule has 0 aliphatic heterocycles. The Bertz CT molecular complexity index is 903. The fourth-order valence-corrected chi connectivity index (χ4v) is 5.07. The van der Waals surface area contributed by atoms with Crippen molar-refractivity contribution in [2.45, 2.75) is 59.9 Å². The number of halogens is 1. The Morgan fingerprint density at radius 2 is 2.04 bits per heavy atom. The van der Waals surface area contributed by atoms with Gasteiger partial charge in [-0.3, -0.25) is 9.48 Å². The average Bonchev–Trinajstić information content (AvgIpc) is 3.14. The first-order valence-electron chi connectivity index (χ1n) is 9.65. The molecule has 6 nitrogen and oxygen atoms in total. The standard InChI is InChI=1S/C20H26BrN3O3S/c1-5-27-20(26)16-14-8-6-7-9-15(14)28-19(16)22-18(25)11(2)10-24-13(4)17(21)12(3)23-24/h11H,5-10H2,1-4H3,(H,22,25). The Morgan fingerprint density at radius 3 is 2.68 bits per heavy atom. The number of nitrogens with zero attached hydrogens (tertiary/aromatic N) is 2. The number of amides is 1. The van der Waals surface area contributed by atoms with Gasteiger partial charge >= 0.3 is 5.97 Å². The molecule has 8 heteroatoms. The molecule has 0 spiro atoms. The first-order valence-corrected chi connectivity index (χ1v) is 11.3. The van der Waals surface area contributed by atoms with Crippen molar-refractivity contribution in [3.05, 3.63) is 31.9 Å². The number of carbonyl (C=O) groups excluding carboxylic acids is 2. The lowest BCUT2D eigenvalue weighted by atomic mass is 9.95. The van der Waals surface area contributed by atoms with E-state index in [9.17, 15) is 9.59 Å². The molecule has 2 heterocycles. The SMILES string of the molecule is CCOC(=O)c1c(NC(=O)C(C)Cn2nc(C)c(Br)c2C)sc2c1CCCC2. The molecule has 0 fully saturated rings. The van der Waals surface area contributed by atoms with Gasteiger partial charge in [0.25, 0.3) is 0 Å². The number of carbonyl (C=O) groups is 2. The van der Waals surface area contributed by atoms with Gasteiger partial charge < -0.3 is 10.1 Å². The predicted octanol–water partition coefficient (Wildman–Crippen LogP) is 4.65. The van der Waals surface area contributed by atoms with Crippen molar-refractivity contribution in [3.63, 3.8) is 0 Å². The lowest BCUT2D eigenvalue weighted by Crippen LogP contribution is -2.26. The zero-order chi connectivity index (χ0) is 20.4. The molecule has 0 aromatic carbocycles. The number of anilines is 1. The van der Waals surface area contributed by atoms with E-state index < -0.39 is 0 Å². The Labute approximate surface area is 177 Å². The number of fused-ring (bicyclic) bond motifs is 1. The van der Waals surface area contributed by atoms with Crippen LogP contribution < -0.4 is 5.32 Å². The summed E-state index contributed by atoms with van der Waals surface area (Å²) in [5.74, 6) is -0.751. The van der Waals surface area contributed by atoms with E-state index in [-0.39, 0.29) is 17.8 Å². The van der Waals surface area contributed by atoms with Gasteiger partial charge in [-0.1, -0.05) is 6.92 Å². The van der Waals surface area contributed by atoms with E-state index in [4.69, 9.17) is 4.74 Å². The van der Waals surface area contributed by atoms with Gasteiger partial charge in [-0.05, 0) is 67.9 Å². The highest BCUT2D eigenvalue weighted by molar-refractivity contribution is 9.10. The first-order chi connectivity index (χ1) is 13.3. The molecule has 0 radical (unpaired) electrons. The molecule has 1 atom stereocenters. The van der Waals surface area contributed by atoms with Gasteiger partial charge in [0.2, 0.25) is 5.91 Å². The number of ether oxygens (including phenoxy) is 1. The molecular weight excluding hydrogens is 442 g/mol. The number of hydrogen-bond acceptors (Lipinski definition) is 5. The summed E-state index contributed by atoms with van der Waals surface area (Å²) >= 11 is 5.03. The normalized spacial score (nSPS) is 14.5. The number of thiophene rings is 1. The molecule has 1 aliphatic carbocycles. The van der Waals surface area contributed by atoms with Gasteiger partial charge in [0.1, 0.15) is 5.00 Å². The van der Waals surface area contributed by atoms with Crippen molar-refractivity contribution in [2.75, 3.05) is 11.9 Å². The van der Waals surface area contributed by atoms with Gasteiger partial charge in [-0.15, -0.1) is 11.3 Å². The Kier molecular flexibility index (Phi) is 6.60. The Hall–Kier alpha value is -1.67. The molecule has 2 aromatic rings. The number of nitrogens with one attached hydrogen (secondary N) is 1. The van der Waals surface area contributed by atoms with Crippen LogP contribution in [-0.2, 0) is 28.9 Å². The van der Waals surface area contributed by atoms with Gasteiger partial charge in [0.05, 0.1) is 34.8 Å². The van der Waals surface area contributed by atoms with E-state index >= 15 is 0 Å². The van der Waals surface area contributed by atoms with Crippen LogP contribution in [0.1, 0.15) is 58.9 Å². The highest BCUT2D eigenvalue weighted by atomic mass is 79.9. The molecule has 1 aliphatic rings. The molecule has 1 N–H and O–H groups in total. The molecule has 152 valence electrons. The number of rotatable bonds is 6. The third kappa shape index (κ3) is 4.17. The predicted molar refractivity (Wildman–Crippen MR) is 114 cm³/mol. The van der Waals surface area contributed by atoms with E-state index in [2.05, 4.69) is 26.3 Å². The highest BCUT2D eigenvalue weighted by Gasteiger charge is 2.28. The second-order valence-corrected chi connectivity index (χ2v) is 9.09. The van der Waals surface area contributed by atoms with Crippen LogP contribution in [0.2, 0.25) is 0 Å². The summed E-state index contributed by atoms with van der Waals surface area (Å²) in [5, 5.41) is 8.10. The van der Waals surface area contributed by atoms with Crippen LogP contribution in [0.25, 0.3) is 0 Å². The smallest absolute Gasteiger partial charge is 0.341 e. The molecule has 28 heavy (non-hydrogen) atoms. The van der Waals surface area contributed by atoms with Crippen LogP contribution in [0, 0.1) is 19.8 Å². The van der Waals surface area contributed by atoms with Crippen molar-refractivity contribution in [1.82, 2.24) is 9.78 Å². The van der Waals surface area contributed by atoms with Crippen LogP contribution in [-0.4, -0.2) is 28.3 Å². The van der Waals surface area contributed by atoms with E-state index in [1.165, 1.54) is 16.2 Å². The number of esters is 1. The minimum atomic E-state index is -0.340. The van der Waals surface area contributed by atoms with E-state index in [1.807, 2.05) is 25.5 Å². The van der Waals surface area contributed by atoms with E-state index in [1.54, 1.807) is 6.92 Å². The zero-order valence-corrected chi connectivity index (χ0v) is 19.1. The molecule has 3 rings (SSSR count). The van der Waals surface area contributed by atoms with Crippen LogP contribution in [0.5, 0.6) is 0 Å². The largest absolute Gasteiger partial charge is 0.462 e. The number of aromatic nitrogens is 2. The maximum atomic E-state index is 12.9. The molecule has 1 amide bonds. The average molecular weight is 468 g/mol. The lowest BCUT2D eigenvalue weighted by molar-refractivity contribution is -0.119.